The van der Waals surface area contributed by atoms with Crippen LogP contribution in [0.2, 0.25) is 0 Å². The molecule has 5 atom stereocenters. The first-order valence-corrected chi connectivity index (χ1v) is 10.7. The first-order valence-electron chi connectivity index (χ1n) is 10.7. The quantitative estimate of drug-likeness (QED) is 0.369. The summed E-state index contributed by atoms with van der Waals surface area (Å²) in [6, 6.07) is 7.84. The van der Waals surface area contributed by atoms with E-state index in [9.17, 15) is 25.2 Å². The lowest BCUT2D eigenvalue weighted by molar-refractivity contribution is -0.277. The van der Waals surface area contributed by atoms with Crippen molar-refractivity contribution in [2.45, 2.75) is 30.7 Å². The summed E-state index contributed by atoms with van der Waals surface area (Å²) in [5.41, 5.74) is 0.665. The molecule has 4 rings (SSSR count). The van der Waals surface area contributed by atoms with Crippen LogP contribution >= 0.6 is 0 Å². The Hall–Kier alpha value is -3.35. The van der Waals surface area contributed by atoms with E-state index in [0.29, 0.717) is 17.1 Å². The van der Waals surface area contributed by atoms with Crippen LogP contribution in [0, 0.1) is 0 Å². The van der Waals surface area contributed by atoms with Crippen LogP contribution in [-0.4, -0.2) is 79.1 Å². The largest absolute Gasteiger partial charge is 0.493 e. The minimum Gasteiger partial charge on any atom is -0.493 e. The fourth-order valence-electron chi connectivity index (χ4n) is 3.88. The average Bonchev–Trinajstić information content (AvgIpc) is 2.88. The van der Waals surface area contributed by atoms with E-state index in [4.69, 9.17) is 28.1 Å². The number of ether oxygens (including phenoxy) is 5. The highest BCUT2D eigenvalue weighted by Gasteiger charge is 2.45. The Morgan fingerprint density at radius 2 is 1.54 bits per heavy atom. The van der Waals surface area contributed by atoms with Crippen molar-refractivity contribution in [1.82, 2.24) is 0 Å². The molecular formula is C24H26O11. The van der Waals surface area contributed by atoms with Crippen LogP contribution in [0.4, 0.5) is 0 Å². The number of aliphatic hydroxyl groups is 4. The van der Waals surface area contributed by atoms with Crippen LogP contribution in [0.5, 0.6) is 23.0 Å². The molecule has 0 spiro atoms. The molecule has 1 aliphatic rings. The van der Waals surface area contributed by atoms with Gasteiger partial charge in [0.15, 0.2) is 23.0 Å². The Morgan fingerprint density at radius 1 is 0.857 bits per heavy atom. The third-order valence-corrected chi connectivity index (χ3v) is 5.84. The number of fused-ring (bicyclic) bond motifs is 1. The Balaban J connectivity index is 1.72. The van der Waals surface area contributed by atoms with Crippen LogP contribution in [0.25, 0.3) is 22.1 Å². The molecule has 11 heteroatoms. The van der Waals surface area contributed by atoms with Crippen molar-refractivity contribution in [3.8, 4) is 34.1 Å². The highest BCUT2D eigenvalue weighted by Crippen LogP contribution is 2.36. The summed E-state index contributed by atoms with van der Waals surface area (Å²) < 4.78 is 32.7. The number of rotatable bonds is 7. The molecule has 1 saturated heterocycles. The van der Waals surface area contributed by atoms with Crippen LogP contribution in [0.3, 0.4) is 0 Å². The number of aliphatic hydroxyl groups excluding tert-OH is 4. The van der Waals surface area contributed by atoms with Crippen LogP contribution in [0.15, 0.2) is 45.8 Å². The Bertz CT molecular complexity index is 1250. The Labute approximate surface area is 199 Å². The van der Waals surface area contributed by atoms with Crippen molar-refractivity contribution in [3.05, 3.63) is 46.8 Å². The van der Waals surface area contributed by atoms with Gasteiger partial charge in [-0.3, -0.25) is 4.79 Å². The van der Waals surface area contributed by atoms with Crippen molar-refractivity contribution in [1.29, 1.82) is 0 Å². The molecule has 35 heavy (non-hydrogen) atoms. The molecule has 0 amide bonds. The normalized spacial score (nSPS) is 24.3. The van der Waals surface area contributed by atoms with Gasteiger partial charge in [-0.15, -0.1) is 0 Å². The molecule has 1 aromatic heterocycles. The van der Waals surface area contributed by atoms with Crippen LogP contribution < -0.4 is 24.4 Å². The lowest BCUT2D eigenvalue weighted by atomic mass is 9.99. The highest BCUT2D eigenvalue weighted by molar-refractivity contribution is 5.85. The van der Waals surface area contributed by atoms with Gasteiger partial charge in [0.05, 0.1) is 38.9 Å². The van der Waals surface area contributed by atoms with Gasteiger partial charge in [0, 0.05) is 6.07 Å². The average molecular weight is 490 g/mol. The number of methoxy groups -OCH3 is 3. The van der Waals surface area contributed by atoms with E-state index in [1.807, 2.05) is 0 Å². The van der Waals surface area contributed by atoms with Crippen molar-refractivity contribution in [2.24, 2.45) is 0 Å². The molecule has 0 aliphatic carbocycles. The molecule has 1 aliphatic heterocycles. The maximum Gasteiger partial charge on any atom is 0.229 e. The highest BCUT2D eigenvalue weighted by atomic mass is 16.7. The third kappa shape index (κ3) is 4.51. The molecule has 11 nitrogen and oxygen atoms in total. The summed E-state index contributed by atoms with van der Waals surface area (Å²) in [5.74, 6) is 1.14. The van der Waals surface area contributed by atoms with Crippen molar-refractivity contribution >= 4 is 11.0 Å². The summed E-state index contributed by atoms with van der Waals surface area (Å²) in [4.78, 5) is 13.3. The minimum absolute atomic E-state index is 0.0475. The number of hydrogen-bond acceptors (Lipinski definition) is 11. The summed E-state index contributed by atoms with van der Waals surface area (Å²) in [6.07, 6.45) is -6.04. The standard InChI is InChI=1S/C24H26O11/c1-30-14-5-4-11(6-16(14)31-2)13-10-33-15-8-18(17(32-3)7-12(15)20(13)26)34-24-23(29)22(28)21(27)19(9-25)35-24/h4-8,10,19,21-25,27-29H,9H2,1-3H3/t19-,21+,22+,23+,24+/m0/s1. The zero-order valence-corrected chi connectivity index (χ0v) is 19.2. The van der Waals surface area contributed by atoms with Crippen molar-refractivity contribution in [3.63, 3.8) is 0 Å². The second kappa shape index (κ2) is 10.1. The topological polar surface area (TPSA) is 157 Å². The number of benzene rings is 2. The first-order chi connectivity index (χ1) is 16.8. The lowest BCUT2D eigenvalue weighted by Crippen LogP contribution is -2.60. The van der Waals surface area contributed by atoms with Gasteiger partial charge in [0.25, 0.3) is 0 Å². The predicted octanol–water partition coefficient (Wildman–Crippen LogP) is 0.665. The molecule has 0 radical (unpaired) electrons. The van der Waals surface area contributed by atoms with Crippen molar-refractivity contribution in [2.75, 3.05) is 27.9 Å². The van der Waals surface area contributed by atoms with Gasteiger partial charge in [0.2, 0.25) is 11.7 Å². The van der Waals surface area contributed by atoms with Gasteiger partial charge >= 0.3 is 0 Å². The number of hydrogen-bond donors (Lipinski definition) is 4. The maximum atomic E-state index is 13.3. The van der Waals surface area contributed by atoms with Crippen LogP contribution in [-0.2, 0) is 4.74 Å². The zero-order chi connectivity index (χ0) is 25.3. The van der Waals surface area contributed by atoms with E-state index < -0.39 is 37.3 Å². The Morgan fingerprint density at radius 3 is 2.20 bits per heavy atom. The van der Waals surface area contributed by atoms with E-state index in [1.54, 1.807) is 18.2 Å². The molecule has 3 aromatic rings. The fraction of sp³-hybridized carbons (Fsp3) is 0.375. The van der Waals surface area contributed by atoms with E-state index in [0.717, 1.165) is 0 Å². The first kappa shape index (κ1) is 24.8. The summed E-state index contributed by atoms with van der Waals surface area (Å²) in [6.45, 7) is -0.604. The van der Waals surface area contributed by atoms with Crippen LogP contribution in [0.1, 0.15) is 0 Å². The minimum atomic E-state index is -1.62. The molecule has 0 bridgehead atoms. The lowest BCUT2D eigenvalue weighted by Gasteiger charge is -2.39. The van der Waals surface area contributed by atoms with E-state index >= 15 is 0 Å². The summed E-state index contributed by atoms with van der Waals surface area (Å²) in [7, 11) is 4.37. The van der Waals surface area contributed by atoms with Gasteiger partial charge in [-0.2, -0.15) is 0 Å². The van der Waals surface area contributed by atoms with E-state index in [-0.39, 0.29) is 33.5 Å². The molecular weight excluding hydrogens is 464 g/mol. The van der Waals surface area contributed by atoms with Gasteiger partial charge in [-0.25, -0.2) is 0 Å². The SMILES string of the molecule is COc1ccc(-c2coc3cc(O[C@@H]4O[C@@H](CO)[C@@H](O)[C@@H](O)[C@H]4O)c(OC)cc3c2=O)cc1OC. The third-order valence-electron chi connectivity index (χ3n) is 5.84. The fourth-order valence-corrected chi connectivity index (χ4v) is 3.88. The molecule has 1 fully saturated rings. The summed E-state index contributed by atoms with van der Waals surface area (Å²) in [5, 5.41) is 39.8. The molecule has 0 unspecified atom stereocenters. The van der Waals surface area contributed by atoms with Crippen molar-refractivity contribution < 1.29 is 48.5 Å². The van der Waals surface area contributed by atoms with E-state index in [2.05, 4.69) is 0 Å². The van der Waals surface area contributed by atoms with Gasteiger partial charge < -0.3 is 48.5 Å². The zero-order valence-electron chi connectivity index (χ0n) is 19.2. The molecule has 0 saturated carbocycles. The van der Waals surface area contributed by atoms with Gasteiger partial charge in [-0.1, -0.05) is 6.07 Å². The molecule has 188 valence electrons. The second-order valence-corrected chi connectivity index (χ2v) is 7.86. The predicted molar refractivity (Wildman–Crippen MR) is 122 cm³/mol. The summed E-state index contributed by atoms with van der Waals surface area (Å²) >= 11 is 0. The van der Waals surface area contributed by atoms with Gasteiger partial charge in [0.1, 0.15) is 36.3 Å². The molecule has 2 aromatic carbocycles. The Kier molecular flexibility index (Phi) is 7.15. The maximum absolute atomic E-state index is 13.3. The van der Waals surface area contributed by atoms with E-state index in [1.165, 1.54) is 39.7 Å². The monoisotopic (exact) mass is 490 g/mol. The molecule has 4 N–H and O–H groups in total. The smallest absolute Gasteiger partial charge is 0.229 e. The van der Waals surface area contributed by atoms with Gasteiger partial charge in [-0.05, 0) is 23.8 Å². The second-order valence-electron chi connectivity index (χ2n) is 7.86. The molecule has 2 heterocycles.